The predicted octanol–water partition coefficient (Wildman–Crippen LogP) is 2.26. The Kier molecular flexibility index (Phi) is 4.23. The van der Waals surface area contributed by atoms with Gasteiger partial charge in [-0.25, -0.2) is 0 Å². The Balaban J connectivity index is 1.70. The summed E-state index contributed by atoms with van der Waals surface area (Å²) in [6.07, 6.45) is 1.21. The predicted molar refractivity (Wildman–Crippen MR) is 90.8 cm³/mol. The van der Waals surface area contributed by atoms with Crippen LogP contribution >= 0.6 is 0 Å². The summed E-state index contributed by atoms with van der Waals surface area (Å²) in [4.78, 5) is 14.8. The van der Waals surface area contributed by atoms with Crippen molar-refractivity contribution < 1.29 is 9.90 Å². The number of aliphatic hydroxyl groups is 1. The zero-order valence-electron chi connectivity index (χ0n) is 14.3. The maximum Gasteiger partial charge on any atom is 0.226 e. The Bertz CT molecular complexity index is 576. The number of nitrogens with zero attached hydrogens (tertiary/aromatic N) is 1. The van der Waals surface area contributed by atoms with Gasteiger partial charge >= 0.3 is 0 Å². The molecule has 2 aliphatic rings. The maximum absolute atomic E-state index is 12.9. The molecule has 0 spiro atoms. The lowest BCUT2D eigenvalue weighted by Gasteiger charge is -2.37. The van der Waals surface area contributed by atoms with Crippen LogP contribution in [0.4, 0.5) is 0 Å². The van der Waals surface area contributed by atoms with Crippen molar-refractivity contribution in [3.63, 3.8) is 0 Å². The highest BCUT2D eigenvalue weighted by Crippen LogP contribution is 2.50. The first-order chi connectivity index (χ1) is 10.8. The van der Waals surface area contributed by atoms with Crippen molar-refractivity contribution in [1.82, 2.24) is 4.90 Å². The number of nitrogens with two attached hydrogens (primary N) is 1. The first-order valence-electron chi connectivity index (χ1n) is 8.60. The number of carbonyl (C=O) groups is 1. The molecule has 1 aromatic carbocycles. The third-order valence-electron chi connectivity index (χ3n) is 5.29. The third kappa shape index (κ3) is 3.15. The van der Waals surface area contributed by atoms with Gasteiger partial charge in [-0.2, -0.15) is 0 Å². The van der Waals surface area contributed by atoms with Crippen LogP contribution in [0.5, 0.6) is 0 Å². The molecule has 1 saturated carbocycles. The van der Waals surface area contributed by atoms with E-state index in [-0.39, 0.29) is 23.3 Å². The molecule has 2 fully saturated rings. The van der Waals surface area contributed by atoms with Gasteiger partial charge in [-0.3, -0.25) is 4.79 Å². The van der Waals surface area contributed by atoms with Gasteiger partial charge in [-0.15, -0.1) is 0 Å². The molecule has 3 N–H and O–H groups in total. The van der Waals surface area contributed by atoms with Crippen LogP contribution in [0.2, 0.25) is 0 Å². The van der Waals surface area contributed by atoms with E-state index in [4.69, 9.17) is 5.73 Å². The van der Waals surface area contributed by atoms with Crippen LogP contribution in [0.15, 0.2) is 24.3 Å². The van der Waals surface area contributed by atoms with Crippen LogP contribution in [0, 0.1) is 11.3 Å². The number of hydrogen-bond acceptors (Lipinski definition) is 3. The van der Waals surface area contributed by atoms with Crippen LogP contribution in [0.25, 0.3) is 0 Å². The molecular weight excluding hydrogens is 288 g/mol. The van der Waals surface area contributed by atoms with Gasteiger partial charge in [0.15, 0.2) is 0 Å². The number of hydrogen-bond donors (Lipinski definition) is 2. The summed E-state index contributed by atoms with van der Waals surface area (Å²) in [5.41, 5.74) is 7.88. The number of aliphatic hydroxyl groups excluding tert-OH is 1. The standard InChI is InChI=1S/C19H28N2O2/c1-19(2,3)17-16(22)8-9-21(17)18(23)15-10-14(15)13-6-4-12(11-20)5-7-13/h4-7,14-17,22H,8-11,20H2,1-3H3/t14-,15+,16+,17-/m0/s1. The van der Waals surface area contributed by atoms with Gasteiger partial charge in [0.2, 0.25) is 5.91 Å². The molecule has 1 amide bonds. The van der Waals surface area contributed by atoms with Crippen molar-refractivity contribution in [2.45, 2.75) is 58.2 Å². The molecule has 4 atom stereocenters. The molecule has 1 saturated heterocycles. The summed E-state index contributed by atoms with van der Waals surface area (Å²) in [5, 5.41) is 10.3. The van der Waals surface area contributed by atoms with Crippen LogP contribution in [0.3, 0.4) is 0 Å². The van der Waals surface area contributed by atoms with Crippen LogP contribution < -0.4 is 5.73 Å². The minimum atomic E-state index is -0.403. The van der Waals surface area contributed by atoms with Crippen molar-refractivity contribution in [2.24, 2.45) is 17.1 Å². The van der Waals surface area contributed by atoms with Gasteiger partial charge in [0.05, 0.1) is 12.1 Å². The first-order valence-corrected chi connectivity index (χ1v) is 8.60. The fourth-order valence-corrected chi connectivity index (χ4v) is 4.02. The SMILES string of the molecule is CC(C)(C)[C@@H]1[C@H](O)CCN1C(=O)[C@@H]1C[C@H]1c1ccc(CN)cc1. The lowest BCUT2D eigenvalue weighted by Crippen LogP contribution is -2.48. The largest absolute Gasteiger partial charge is 0.391 e. The summed E-state index contributed by atoms with van der Waals surface area (Å²) in [6, 6.07) is 8.22. The van der Waals surface area contributed by atoms with E-state index in [2.05, 4.69) is 32.9 Å². The molecule has 4 nitrogen and oxygen atoms in total. The van der Waals surface area contributed by atoms with Crippen LogP contribution in [0.1, 0.15) is 50.7 Å². The molecule has 0 unspecified atom stereocenters. The van der Waals surface area contributed by atoms with E-state index < -0.39 is 6.10 Å². The monoisotopic (exact) mass is 316 g/mol. The molecule has 1 aliphatic carbocycles. The average Bonchev–Trinajstić information content (AvgIpc) is 3.20. The Morgan fingerprint density at radius 2 is 1.96 bits per heavy atom. The Labute approximate surface area is 138 Å². The van der Waals surface area contributed by atoms with Crippen molar-refractivity contribution in [2.75, 3.05) is 6.54 Å². The quantitative estimate of drug-likeness (QED) is 0.899. The minimum Gasteiger partial charge on any atom is -0.391 e. The smallest absolute Gasteiger partial charge is 0.226 e. The number of rotatable bonds is 3. The van der Waals surface area contributed by atoms with E-state index in [1.165, 1.54) is 5.56 Å². The van der Waals surface area contributed by atoms with Crippen molar-refractivity contribution in [3.05, 3.63) is 35.4 Å². The lowest BCUT2D eigenvalue weighted by molar-refractivity contribution is -0.137. The fraction of sp³-hybridized carbons (Fsp3) is 0.632. The molecule has 1 aliphatic heterocycles. The van der Waals surface area contributed by atoms with Gasteiger partial charge in [0.25, 0.3) is 0 Å². The zero-order valence-corrected chi connectivity index (χ0v) is 14.3. The van der Waals surface area contributed by atoms with E-state index in [1.54, 1.807) is 0 Å². The van der Waals surface area contributed by atoms with Crippen molar-refractivity contribution in [1.29, 1.82) is 0 Å². The van der Waals surface area contributed by atoms with Gasteiger partial charge in [-0.1, -0.05) is 45.0 Å². The summed E-state index contributed by atoms with van der Waals surface area (Å²) in [7, 11) is 0. The molecule has 23 heavy (non-hydrogen) atoms. The summed E-state index contributed by atoms with van der Waals surface area (Å²) in [5.74, 6) is 0.621. The molecule has 126 valence electrons. The number of amides is 1. The molecule has 3 rings (SSSR count). The van der Waals surface area contributed by atoms with E-state index in [0.717, 1.165) is 12.0 Å². The number of likely N-dealkylation sites (tertiary alicyclic amines) is 1. The Hall–Kier alpha value is -1.39. The maximum atomic E-state index is 12.9. The van der Waals surface area contributed by atoms with Crippen molar-refractivity contribution >= 4 is 5.91 Å². The molecule has 0 aromatic heterocycles. The van der Waals surface area contributed by atoms with Crippen LogP contribution in [-0.4, -0.2) is 34.6 Å². The Morgan fingerprint density at radius 1 is 1.30 bits per heavy atom. The lowest BCUT2D eigenvalue weighted by atomic mass is 9.83. The number of benzene rings is 1. The highest BCUT2D eigenvalue weighted by atomic mass is 16.3. The first kappa shape index (κ1) is 16.5. The van der Waals surface area contributed by atoms with Gasteiger partial charge in [0, 0.05) is 19.0 Å². The molecular formula is C19H28N2O2. The van der Waals surface area contributed by atoms with Crippen LogP contribution in [-0.2, 0) is 11.3 Å². The molecule has 0 radical (unpaired) electrons. The second-order valence-corrected chi connectivity index (χ2v) is 8.09. The Morgan fingerprint density at radius 3 is 2.52 bits per heavy atom. The molecule has 4 heteroatoms. The van der Waals surface area contributed by atoms with Gasteiger partial charge in [-0.05, 0) is 35.3 Å². The number of carbonyl (C=O) groups excluding carboxylic acids is 1. The average molecular weight is 316 g/mol. The van der Waals surface area contributed by atoms with Crippen molar-refractivity contribution in [3.8, 4) is 0 Å². The minimum absolute atomic E-state index is 0.0733. The second kappa shape index (κ2) is 5.91. The van der Waals surface area contributed by atoms with Gasteiger partial charge in [0.1, 0.15) is 0 Å². The van der Waals surface area contributed by atoms with E-state index in [0.29, 0.717) is 25.4 Å². The normalized spacial score (nSPS) is 30.6. The van der Waals surface area contributed by atoms with E-state index in [1.807, 2.05) is 17.0 Å². The van der Waals surface area contributed by atoms with E-state index >= 15 is 0 Å². The summed E-state index contributed by atoms with van der Waals surface area (Å²) < 4.78 is 0. The summed E-state index contributed by atoms with van der Waals surface area (Å²) >= 11 is 0. The highest BCUT2D eigenvalue weighted by Gasteiger charge is 2.51. The third-order valence-corrected chi connectivity index (χ3v) is 5.29. The summed E-state index contributed by atoms with van der Waals surface area (Å²) in [6.45, 7) is 7.52. The highest BCUT2D eigenvalue weighted by molar-refractivity contribution is 5.83. The molecule has 1 heterocycles. The van der Waals surface area contributed by atoms with Gasteiger partial charge < -0.3 is 15.7 Å². The topological polar surface area (TPSA) is 66.6 Å². The zero-order chi connectivity index (χ0) is 16.8. The fourth-order valence-electron chi connectivity index (χ4n) is 4.02. The molecule has 1 aromatic rings. The molecule has 0 bridgehead atoms. The van der Waals surface area contributed by atoms with E-state index in [9.17, 15) is 9.90 Å². The second-order valence-electron chi connectivity index (χ2n) is 8.09.